The van der Waals surface area contributed by atoms with Gasteiger partial charge in [-0.2, -0.15) is 0 Å². The highest BCUT2D eigenvalue weighted by Crippen LogP contribution is 2.36. The van der Waals surface area contributed by atoms with Crippen molar-refractivity contribution in [3.63, 3.8) is 0 Å². The van der Waals surface area contributed by atoms with Gasteiger partial charge in [-0.3, -0.25) is 14.7 Å². The summed E-state index contributed by atoms with van der Waals surface area (Å²) in [4.78, 5) is 18.9. The normalized spacial score (nSPS) is 18.6. The molecule has 0 saturated heterocycles. The molecule has 1 aliphatic carbocycles. The van der Waals surface area contributed by atoms with E-state index in [4.69, 9.17) is 0 Å². The Balaban J connectivity index is 2.31. The largest absolute Gasteiger partial charge is 0.297 e. The minimum Gasteiger partial charge on any atom is -0.297 e. The van der Waals surface area contributed by atoms with Gasteiger partial charge in [0.05, 0.1) is 5.54 Å². The summed E-state index contributed by atoms with van der Waals surface area (Å²) in [6, 6.07) is 3.81. The van der Waals surface area contributed by atoms with E-state index in [0.29, 0.717) is 0 Å². The number of pyridine rings is 1. The smallest absolute Gasteiger partial charge is 0.184 e. The molecule has 1 fully saturated rings. The van der Waals surface area contributed by atoms with Crippen LogP contribution >= 0.6 is 0 Å². The summed E-state index contributed by atoms with van der Waals surface area (Å²) in [7, 11) is 4.01. The van der Waals surface area contributed by atoms with Gasteiger partial charge in [0, 0.05) is 17.5 Å². The van der Waals surface area contributed by atoms with Gasteiger partial charge in [-0.25, -0.2) is 0 Å². The Morgan fingerprint density at radius 3 is 2.41 bits per heavy atom. The Labute approximate surface area is 103 Å². The lowest BCUT2D eigenvalue weighted by atomic mass is 9.87. The van der Waals surface area contributed by atoms with Gasteiger partial charge in [-0.15, -0.1) is 0 Å². The molecule has 0 N–H and O–H groups in total. The fourth-order valence-electron chi connectivity index (χ4n) is 2.71. The molecule has 0 radical (unpaired) electrons. The van der Waals surface area contributed by atoms with Crippen molar-refractivity contribution in [2.75, 3.05) is 14.1 Å². The average Bonchev–Trinajstić information content (AvgIpc) is 2.79. The zero-order chi connectivity index (χ0) is 12.5. The lowest BCUT2D eigenvalue weighted by Crippen LogP contribution is -2.48. The molecule has 92 valence electrons. The number of Topliss-reactive ketones (excluding diaryl/α,β-unsaturated/α-hetero) is 1. The molecule has 0 spiro atoms. The van der Waals surface area contributed by atoms with Crippen molar-refractivity contribution in [2.24, 2.45) is 0 Å². The standard InChI is InChI=1S/C14H20N2O/c1-11-6-7-12(10-15-11)13(17)14(16(2)3)8-4-5-9-14/h6-7,10H,4-5,8-9H2,1-3H3. The van der Waals surface area contributed by atoms with Crippen LogP contribution in [0.4, 0.5) is 0 Å². The first kappa shape index (κ1) is 12.2. The summed E-state index contributed by atoms with van der Waals surface area (Å²) in [5.41, 5.74) is 1.40. The first-order valence-electron chi connectivity index (χ1n) is 6.21. The number of likely N-dealkylation sites (N-methyl/N-ethyl adjacent to an activating group) is 1. The third-order valence-corrected chi connectivity index (χ3v) is 3.88. The van der Waals surface area contributed by atoms with Crippen molar-refractivity contribution in [3.05, 3.63) is 29.6 Å². The molecular weight excluding hydrogens is 212 g/mol. The number of hydrogen-bond acceptors (Lipinski definition) is 3. The van der Waals surface area contributed by atoms with E-state index in [-0.39, 0.29) is 11.3 Å². The lowest BCUT2D eigenvalue weighted by Gasteiger charge is -2.34. The molecule has 1 aromatic heterocycles. The van der Waals surface area contributed by atoms with Crippen LogP contribution in [0.3, 0.4) is 0 Å². The Hall–Kier alpha value is -1.22. The summed E-state index contributed by atoms with van der Waals surface area (Å²) in [5, 5.41) is 0. The number of aromatic nitrogens is 1. The summed E-state index contributed by atoms with van der Waals surface area (Å²) >= 11 is 0. The zero-order valence-electron chi connectivity index (χ0n) is 10.9. The molecule has 0 aromatic carbocycles. The van der Waals surface area contributed by atoms with Gasteiger partial charge in [-0.05, 0) is 46.0 Å². The Morgan fingerprint density at radius 1 is 1.29 bits per heavy atom. The van der Waals surface area contributed by atoms with Crippen molar-refractivity contribution in [2.45, 2.75) is 38.1 Å². The van der Waals surface area contributed by atoms with Gasteiger partial charge >= 0.3 is 0 Å². The third kappa shape index (κ3) is 2.12. The Bertz CT molecular complexity index is 403. The first-order valence-corrected chi connectivity index (χ1v) is 6.21. The van der Waals surface area contributed by atoms with Crippen LogP contribution in [0.1, 0.15) is 41.7 Å². The predicted octanol–water partition coefficient (Wildman–Crippen LogP) is 2.45. The quantitative estimate of drug-likeness (QED) is 0.750. The fraction of sp³-hybridized carbons (Fsp3) is 0.571. The number of carbonyl (C=O) groups excluding carboxylic acids is 1. The van der Waals surface area contributed by atoms with E-state index >= 15 is 0 Å². The Kier molecular flexibility index (Phi) is 3.29. The zero-order valence-corrected chi connectivity index (χ0v) is 10.9. The molecule has 1 heterocycles. The van der Waals surface area contributed by atoms with Crippen LogP contribution in [-0.4, -0.2) is 35.3 Å². The molecule has 17 heavy (non-hydrogen) atoms. The highest BCUT2D eigenvalue weighted by atomic mass is 16.1. The number of ketones is 1. The topological polar surface area (TPSA) is 33.2 Å². The molecule has 1 saturated carbocycles. The maximum absolute atomic E-state index is 12.6. The second kappa shape index (κ2) is 4.57. The third-order valence-electron chi connectivity index (χ3n) is 3.88. The van der Waals surface area contributed by atoms with Gasteiger partial charge in [0.15, 0.2) is 5.78 Å². The number of hydrogen-bond donors (Lipinski definition) is 0. The van der Waals surface area contributed by atoms with Gasteiger partial charge in [0.1, 0.15) is 0 Å². The van der Waals surface area contributed by atoms with Crippen LogP contribution in [0, 0.1) is 6.92 Å². The van der Waals surface area contributed by atoms with E-state index in [1.807, 2.05) is 33.2 Å². The van der Waals surface area contributed by atoms with E-state index in [9.17, 15) is 4.79 Å². The van der Waals surface area contributed by atoms with E-state index in [1.54, 1.807) is 6.20 Å². The molecule has 0 atom stereocenters. The average molecular weight is 232 g/mol. The van der Waals surface area contributed by atoms with E-state index < -0.39 is 0 Å². The lowest BCUT2D eigenvalue weighted by molar-refractivity contribution is 0.0693. The van der Waals surface area contributed by atoms with Gasteiger partial charge < -0.3 is 0 Å². The maximum atomic E-state index is 12.6. The summed E-state index contributed by atoms with van der Waals surface area (Å²) in [6.45, 7) is 1.94. The Morgan fingerprint density at radius 2 is 1.94 bits per heavy atom. The molecule has 3 nitrogen and oxygen atoms in total. The minimum absolute atomic E-state index is 0.229. The van der Waals surface area contributed by atoms with Crippen molar-refractivity contribution < 1.29 is 4.79 Å². The van der Waals surface area contributed by atoms with Gasteiger partial charge in [0.25, 0.3) is 0 Å². The first-order chi connectivity index (χ1) is 8.06. The molecule has 2 rings (SSSR count). The van der Waals surface area contributed by atoms with E-state index in [0.717, 1.165) is 36.9 Å². The molecular formula is C14H20N2O. The van der Waals surface area contributed by atoms with Crippen molar-refractivity contribution in [1.29, 1.82) is 0 Å². The van der Waals surface area contributed by atoms with Crippen LogP contribution in [0.15, 0.2) is 18.3 Å². The second-order valence-corrected chi connectivity index (χ2v) is 5.15. The van der Waals surface area contributed by atoms with E-state index in [2.05, 4.69) is 9.88 Å². The summed E-state index contributed by atoms with van der Waals surface area (Å²) in [5.74, 6) is 0.229. The highest BCUT2D eigenvalue weighted by molar-refractivity contribution is 6.03. The van der Waals surface area contributed by atoms with E-state index in [1.165, 1.54) is 0 Å². The van der Waals surface area contributed by atoms with Gasteiger partial charge in [-0.1, -0.05) is 12.8 Å². The molecule has 1 aromatic rings. The van der Waals surface area contributed by atoms with Gasteiger partial charge in [0.2, 0.25) is 0 Å². The molecule has 0 unspecified atom stereocenters. The van der Waals surface area contributed by atoms with Crippen molar-refractivity contribution in [1.82, 2.24) is 9.88 Å². The van der Waals surface area contributed by atoms with Crippen molar-refractivity contribution >= 4 is 5.78 Å². The minimum atomic E-state index is -0.295. The van der Waals surface area contributed by atoms with Crippen LogP contribution in [-0.2, 0) is 0 Å². The highest BCUT2D eigenvalue weighted by Gasteiger charge is 2.43. The molecule has 0 aliphatic heterocycles. The summed E-state index contributed by atoms with van der Waals surface area (Å²) in [6.07, 6.45) is 5.92. The number of nitrogens with zero attached hydrogens (tertiary/aromatic N) is 2. The molecule has 0 amide bonds. The number of carbonyl (C=O) groups is 1. The van der Waals surface area contributed by atoms with Crippen LogP contribution in [0.5, 0.6) is 0 Å². The number of aryl methyl sites for hydroxylation is 1. The predicted molar refractivity (Wildman–Crippen MR) is 68.2 cm³/mol. The van der Waals surface area contributed by atoms with Crippen LogP contribution < -0.4 is 0 Å². The fourth-order valence-corrected chi connectivity index (χ4v) is 2.71. The monoisotopic (exact) mass is 232 g/mol. The number of rotatable bonds is 3. The maximum Gasteiger partial charge on any atom is 0.184 e. The van der Waals surface area contributed by atoms with Crippen LogP contribution in [0.2, 0.25) is 0 Å². The SMILES string of the molecule is Cc1ccc(C(=O)C2(N(C)C)CCCC2)cn1. The second-order valence-electron chi connectivity index (χ2n) is 5.15. The van der Waals surface area contributed by atoms with Crippen molar-refractivity contribution in [3.8, 4) is 0 Å². The molecule has 0 bridgehead atoms. The molecule has 1 aliphatic rings. The molecule has 3 heteroatoms. The van der Waals surface area contributed by atoms with Crippen LogP contribution in [0.25, 0.3) is 0 Å². The summed E-state index contributed by atoms with van der Waals surface area (Å²) < 4.78 is 0.